The molecule has 4 heterocycles. The van der Waals surface area contributed by atoms with Gasteiger partial charge in [-0.25, -0.2) is 9.97 Å². The Hall–Kier alpha value is -2.52. The maximum atomic E-state index is 5.57. The normalized spacial score (nSPS) is 14.8. The number of imidazole rings is 2. The molecule has 8 nitrogen and oxygen atoms in total. The van der Waals surface area contributed by atoms with E-state index in [0.717, 1.165) is 70.9 Å². The Morgan fingerprint density at radius 3 is 2.60 bits per heavy atom. The third kappa shape index (κ3) is 3.16. The van der Waals surface area contributed by atoms with Crippen LogP contribution in [-0.2, 0) is 24.6 Å². The number of alkyl halides is 1. The molecule has 1 aliphatic heterocycles. The van der Waals surface area contributed by atoms with E-state index in [4.69, 9.17) is 24.7 Å². The van der Waals surface area contributed by atoms with Crippen LogP contribution in [0.15, 0.2) is 24.3 Å². The highest BCUT2D eigenvalue weighted by molar-refractivity contribution is 9.09. The number of nitrogens with zero attached hydrogens (tertiary/aromatic N) is 7. The molecule has 9 heteroatoms. The molecule has 0 saturated carbocycles. The van der Waals surface area contributed by atoms with Gasteiger partial charge in [0.15, 0.2) is 17.0 Å². The van der Waals surface area contributed by atoms with E-state index >= 15 is 0 Å². The topological polar surface area (TPSA) is 73.9 Å². The first-order valence-electron chi connectivity index (χ1n) is 10.3. The Labute approximate surface area is 183 Å². The molecule has 0 N–H and O–H groups in total. The van der Waals surface area contributed by atoms with Crippen molar-refractivity contribution in [2.24, 2.45) is 7.05 Å². The molecule has 1 aliphatic rings. The molecule has 0 atom stereocenters. The summed E-state index contributed by atoms with van der Waals surface area (Å²) >= 11 is 3.54. The van der Waals surface area contributed by atoms with Crippen LogP contribution < -0.4 is 4.90 Å². The van der Waals surface area contributed by atoms with Crippen molar-refractivity contribution in [2.45, 2.75) is 19.8 Å². The van der Waals surface area contributed by atoms with Crippen LogP contribution in [0.1, 0.15) is 18.6 Å². The molecule has 0 bridgehead atoms. The minimum Gasteiger partial charge on any atom is -0.378 e. The van der Waals surface area contributed by atoms with Crippen LogP contribution in [0, 0.1) is 0 Å². The van der Waals surface area contributed by atoms with Crippen molar-refractivity contribution in [3.63, 3.8) is 0 Å². The van der Waals surface area contributed by atoms with Crippen LogP contribution in [0.5, 0.6) is 0 Å². The summed E-state index contributed by atoms with van der Waals surface area (Å²) in [6.07, 6.45) is 1.63. The number of fused-ring (bicyclic) bond motifs is 2. The summed E-state index contributed by atoms with van der Waals surface area (Å²) in [6, 6.07) is 8.14. The number of rotatable bonds is 5. The first-order valence-corrected chi connectivity index (χ1v) is 11.4. The van der Waals surface area contributed by atoms with Gasteiger partial charge in [0.2, 0.25) is 5.95 Å². The molecule has 0 aliphatic carbocycles. The molecular formula is C21H24BrN7O. The molecule has 1 fully saturated rings. The lowest BCUT2D eigenvalue weighted by atomic mass is 10.3. The Morgan fingerprint density at radius 1 is 1.03 bits per heavy atom. The molecule has 0 radical (unpaired) electrons. The largest absolute Gasteiger partial charge is 0.378 e. The van der Waals surface area contributed by atoms with Crippen LogP contribution in [0.2, 0.25) is 0 Å². The summed E-state index contributed by atoms with van der Waals surface area (Å²) < 4.78 is 9.72. The molecule has 156 valence electrons. The van der Waals surface area contributed by atoms with Crippen LogP contribution in [0.25, 0.3) is 28.1 Å². The Bertz CT molecular complexity index is 1210. The zero-order chi connectivity index (χ0) is 20.7. The van der Waals surface area contributed by atoms with Crippen molar-refractivity contribution >= 4 is 43.9 Å². The molecule has 1 saturated heterocycles. The van der Waals surface area contributed by atoms with Crippen LogP contribution in [0.3, 0.4) is 0 Å². The molecule has 0 spiro atoms. The molecule has 4 aromatic rings. The summed E-state index contributed by atoms with van der Waals surface area (Å²) in [7, 11) is 2.03. The van der Waals surface area contributed by atoms with Crippen molar-refractivity contribution in [3.05, 3.63) is 35.9 Å². The lowest BCUT2D eigenvalue weighted by Gasteiger charge is -2.28. The predicted octanol–water partition coefficient (Wildman–Crippen LogP) is 3.04. The lowest BCUT2D eigenvalue weighted by Crippen LogP contribution is -2.37. The highest BCUT2D eigenvalue weighted by Gasteiger charge is 2.24. The molecule has 0 unspecified atom stereocenters. The van der Waals surface area contributed by atoms with Gasteiger partial charge in [0.05, 0.1) is 24.2 Å². The predicted molar refractivity (Wildman–Crippen MR) is 121 cm³/mol. The zero-order valence-electron chi connectivity index (χ0n) is 17.2. The van der Waals surface area contributed by atoms with Gasteiger partial charge in [-0.2, -0.15) is 9.97 Å². The van der Waals surface area contributed by atoms with E-state index in [0.29, 0.717) is 19.2 Å². The highest BCUT2D eigenvalue weighted by atomic mass is 79.9. The minimum atomic E-state index is 0.642. The SMILES string of the molecule is CCc1nc2ccccc2n1-c1nc(N2CCOCC2)c2nc(CCBr)n(C)c2n1. The monoisotopic (exact) mass is 469 g/mol. The zero-order valence-corrected chi connectivity index (χ0v) is 18.8. The van der Waals surface area contributed by atoms with E-state index in [1.54, 1.807) is 0 Å². The number of aryl methyl sites for hydroxylation is 3. The Kier molecular flexibility index (Phi) is 5.16. The molecule has 0 amide bonds. The summed E-state index contributed by atoms with van der Waals surface area (Å²) in [5.74, 6) is 3.46. The van der Waals surface area contributed by atoms with Gasteiger partial charge in [-0.15, -0.1) is 0 Å². The van der Waals surface area contributed by atoms with Gasteiger partial charge in [-0.3, -0.25) is 4.57 Å². The quantitative estimate of drug-likeness (QED) is 0.418. The summed E-state index contributed by atoms with van der Waals surface area (Å²) in [5.41, 5.74) is 3.67. The van der Waals surface area contributed by atoms with Crippen molar-refractivity contribution in [2.75, 3.05) is 36.5 Å². The number of morpholine rings is 1. The second-order valence-electron chi connectivity index (χ2n) is 7.35. The standard InChI is InChI=1S/C21H24BrN7O/c1-3-16-23-14-6-4-5-7-15(14)29(16)21-25-19-18(24-17(8-9-22)27(19)2)20(26-21)28-10-12-30-13-11-28/h4-7H,3,8-13H2,1-2H3. The summed E-state index contributed by atoms with van der Waals surface area (Å²) in [6.45, 7) is 5.08. The summed E-state index contributed by atoms with van der Waals surface area (Å²) in [4.78, 5) is 22.0. The van der Waals surface area contributed by atoms with E-state index in [9.17, 15) is 0 Å². The number of hydrogen-bond donors (Lipinski definition) is 0. The molecule has 30 heavy (non-hydrogen) atoms. The number of hydrogen-bond acceptors (Lipinski definition) is 6. The fraction of sp³-hybridized carbons (Fsp3) is 0.429. The lowest BCUT2D eigenvalue weighted by molar-refractivity contribution is 0.122. The maximum absolute atomic E-state index is 5.57. The number of anilines is 1. The first kappa shape index (κ1) is 19.4. The fourth-order valence-corrected chi connectivity index (χ4v) is 4.38. The second-order valence-corrected chi connectivity index (χ2v) is 8.14. The average molecular weight is 470 g/mol. The highest BCUT2D eigenvalue weighted by Crippen LogP contribution is 2.28. The van der Waals surface area contributed by atoms with Gasteiger partial charge in [0.25, 0.3) is 0 Å². The number of halogens is 1. The van der Waals surface area contributed by atoms with Gasteiger partial charge in [0.1, 0.15) is 11.6 Å². The summed E-state index contributed by atoms with van der Waals surface area (Å²) in [5, 5.41) is 0.851. The second kappa shape index (κ2) is 7.96. The third-order valence-electron chi connectivity index (χ3n) is 5.56. The number of aromatic nitrogens is 6. The maximum Gasteiger partial charge on any atom is 0.239 e. The van der Waals surface area contributed by atoms with Crippen molar-refractivity contribution in [1.82, 2.24) is 29.1 Å². The number of ether oxygens (including phenoxy) is 1. The van der Waals surface area contributed by atoms with Crippen LogP contribution in [0.4, 0.5) is 5.82 Å². The molecule has 1 aromatic carbocycles. The van der Waals surface area contributed by atoms with Gasteiger partial charge in [-0.05, 0) is 12.1 Å². The van der Waals surface area contributed by atoms with E-state index in [1.807, 2.05) is 25.2 Å². The van der Waals surface area contributed by atoms with Crippen molar-refractivity contribution in [1.29, 1.82) is 0 Å². The fourth-order valence-electron chi connectivity index (χ4n) is 4.02. The van der Waals surface area contributed by atoms with Gasteiger partial charge in [-0.1, -0.05) is 35.0 Å². The molecule has 5 rings (SSSR count). The molecular weight excluding hydrogens is 446 g/mol. The minimum absolute atomic E-state index is 0.642. The van der Waals surface area contributed by atoms with Gasteiger partial charge < -0.3 is 14.2 Å². The van der Waals surface area contributed by atoms with E-state index in [2.05, 4.69) is 43.0 Å². The number of benzene rings is 1. The van der Waals surface area contributed by atoms with Crippen molar-refractivity contribution < 1.29 is 4.74 Å². The average Bonchev–Trinajstić information content (AvgIpc) is 3.32. The van der Waals surface area contributed by atoms with E-state index < -0.39 is 0 Å². The third-order valence-corrected chi connectivity index (χ3v) is 5.95. The van der Waals surface area contributed by atoms with Crippen LogP contribution in [-0.4, -0.2) is 60.7 Å². The Balaban J connectivity index is 1.78. The molecule has 3 aromatic heterocycles. The van der Waals surface area contributed by atoms with Gasteiger partial charge >= 0.3 is 0 Å². The van der Waals surface area contributed by atoms with Crippen molar-refractivity contribution in [3.8, 4) is 5.95 Å². The number of para-hydroxylation sites is 2. The first-order chi connectivity index (χ1) is 14.7. The smallest absolute Gasteiger partial charge is 0.239 e. The van der Waals surface area contributed by atoms with E-state index in [1.165, 1.54) is 0 Å². The van der Waals surface area contributed by atoms with Gasteiger partial charge in [0, 0.05) is 38.3 Å². The van der Waals surface area contributed by atoms with Crippen LogP contribution >= 0.6 is 15.9 Å². The Morgan fingerprint density at radius 2 is 1.83 bits per heavy atom. The van der Waals surface area contributed by atoms with E-state index in [-0.39, 0.29) is 0 Å².